The first kappa shape index (κ1) is 15.1. The van der Waals surface area contributed by atoms with Crippen LogP contribution in [-0.2, 0) is 18.9 Å². The van der Waals surface area contributed by atoms with Crippen LogP contribution in [0.1, 0.15) is 38.5 Å². The summed E-state index contributed by atoms with van der Waals surface area (Å²) in [7, 11) is 0. The van der Waals surface area contributed by atoms with Gasteiger partial charge in [0.05, 0.1) is 23.7 Å². The Kier molecular flexibility index (Phi) is 4.66. The van der Waals surface area contributed by atoms with Crippen molar-refractivity contribution in [3.05, 3.63) is 0 Å². The van der Waals surface area contributed by atoms with Crippen molar-refractivity contribution < 1.29 is 23.7 Å². The highest BCUT2D eigenvalue weighted by molar-refractivity contribution is 5.64. The van der Waals surface area contributed by atoms with Gasteiger partial charge in [-0.25, -0.2) is 4.79 Å². The van der Waals surface area contributed by atoms with Crippen molar-refractivity contribution in [1.82, 2.24) is 0 Å². The molecule has 3 aliphatic heterocycles. The van der Waals surface area contributed by atoms with Crippen LogP contribution >= 0.6 is 0 Å². The Morgan fingerprint density at radius 3 is 1.67 bits per heavy atom. The van der Waals surface area contributed by atoms with Gasteiger partial charge in [0.2, 0.25) is 0 Å². The normalized spacial score (nSPS) is 35.7. The molecule has 3 saturated heterocycles. The fourth-order valence-electron chi connectivity index (χ4n) is 4.10. The van der Waals surface area contributed by atoms with E-state index in [0.717, 1.165) is 58.3 Å². The molecular formula is C15H25NO5. The topological polar surface area (TPSA) is 80.0 Å². The van der Waals surface area contributed by atoms with Gasteiger partial charge >= 0.3 is 6.09 Å². The van der Waals surface area contributed by atoms with Gasteiger partial charge < -0.3 is 24.7 Å². The van der Waals surface area contributed by atoms with Gasteiger partial charge in [0.1, 0.15) is 6.61 Å². The number of amides is 1. The summed E-state index contributed by atoms with van der Waals surface area (Å²) in [5.74, 6) is 0. The molecule has 3 heterocycles. The van der Waals surface area contributed by atoms with E-state index in [1.807, 2.05) is 0 Å². The fraction of sp³-hybridized carbons (Fsp3) is 0.933. The minimum atomic E-state index is -0.742. The molecule has 3 fully saturated rings. The smallest absolute Gasteiger partial charge is 0.404 e. The van der Waals surface area contributed by atoms with Crippen LogP contribution < -0.4 is 5.73 Å². The van der Waals surface area contributed by atoms with Crippen molar-refractivity contribution >= 4 is 6.09 Å². The number of rotatable bonds is 5. The third-order valence-corrected chi connectivity index (χ3v) is 5.05. The quantitative estimate of drug-likeness (QED) is 0.834. The minimum Gasteiger partial charge on any atom is -0.449 e. The van der Waals surface area contributed by atoms with Gasteiger partial charge in [-0.05, 0) is 38.5 Å². The number of carbonyl (C=O) groups is 1. The van der Waals surface area contributed by atoms with Crippen molar-refractivity contribution in [3.8, 4) is 0 Å². The number of hydrogen-bond acceptors (Lipinski definition) is 5. The van der Waals surface area contributed by atoms with Gasteiger partial charge in [0, 0.05) is 19.8 Å². The van der Waals surface area contributed by atoms with E-state index in [2.05, 4.69) is 0 Å². The van der Waals surface area contributed by atoms with Gasteiger partial charge in [0.15, 0.2) is 0 Å². The van der Waals surface area contributed by atoms with E-state index in [1.54, 1.807) is 0 Å². The molecule has 3 aliphatic rings. The molecule has 6 nitrogen and oxygen atoms in total. The standard InChI is InChI=1S/C15H25NO5/c16-14(17)21-10-15(11-4-1-7-18-11,12-5-2-8-19-12)13-6-3-9-20-13/h11-13H,1-10H2,(H2,16,17). The van der Waals surface area contributed by atoms with E-state index in [1.165, 1.54) is 0 Å². The average molecular weight is 299 g/mol. The van der Waals surface area contributed by atoms with Crippen LogP contribution in [0, 0.1) is 5.41 Å². The maximum Gasteiger partial charge on any atom is 0.404 e. The minimum absolute atomic E-state index is 0.0167. The molecule has 0 saturated carbocycles. The predicted molar refractivity (Wildman–Crippen MR) is 74.9 cm³/mol. The van der Waals surface area contributed by atoms with Crippen LogP contribution in [0.4, 0.5) is 4.79 Å². The second-order valence-electron chi connectivity index (χ2n) is 6.23. The number of primary amides is 1. The summed E-state index contributed by atoms with van der Waals surface area (Å²) in [4.78, 5) is 11.2. The number of nitrogens with two attached hydrogens (primary N) is 1. The van der Waals surface area contributed by atoms with Crippen LogP contribution in [-0.4, -0.2) is 50.8 Å². The van der Waals surface area contributed by atoms with Crippen molar-refractivity contribution in [1.29, 1.82) is 0 Å². The van der Waals surface area contributed by atoms with Crippen molar-refractivity contribution in [3.63, 3.8) is 0 Å². The summed E-state index contributed by atoms with van der Waals surface area (Å²) >= 11 is 0. The summed E-state index contributed by atoms with van der Waals surface area (Å²) in [5.41, 5.74) is 4.79. The van der Waals surface area contributed by atoms with Gasteiger partial charge in [-0.1, -0.05) is 0 Å². The lowest BCUT2D eigenvalue weighted by atomic mass is 9.70. The zero-order valence-corrected chi connectivity index (χ0v) is 12.4. The molecule has 0 spiro atoms. The van der Waals surface area contributed by atoms with Crippen LogP contribution in [0.3, 0.4) is 0 Å². The predicted octanol–water partition coefficient (Wildman–Crippen LogP) is 1.61. The largest absolute Gasteiger partial charge is 0.449 e. The molecule has 0 aliphatic carbocycles. The van der Waals surface area contributed by atoms with Crippen LogP contribution in [0.15, 0.2) is 0 Å². The zero-order chi connectivity index (χ0) is 14.7. The summed E-state index contributed by atoms with van der Waals surface area (Å²) in [6.07, 6.45) is 5.28. The summed E-state index contributed by atoms with van der Waals surface area (Å²) in [5, 5.41) is 0. The lowest BCUT2D eigenvalue weighted by molar-refractivity contribution is -0.171. The molecule has 6 heteroatoms. The maximum atomic E-state index is 11.2. The lowest BCUT2D eigenvalue weighted by Gasteiger charge is -2.45. The van der Waals surface area contributed by atoms with Crippen LogP contribution in [0.5, 0.6) is 0 Å². The molecule has 3 unspecified atom stereocenters. The molecule has 0 radical (unpaired) electrons. The maximum absolute atomic E-state index is 11.2. The molecule has 1 amide bonds. The van der Waals surface area contributed by atoms with Gasteiger partial charge in [0.25, 0.3) is 0 Å². The van der Waals surface area contributed by atoms with Gasteiger partial charge in [-0.15, -0.1) is 0 Å². The fourth-order valence-corrected chi connectivity index (χ4v) is 4.10. The van der Waals surface area contributed by atoms with Crippen LogP contribution in [0.2, 0.25) is 0 Å². The molecule has 2 N–H and O–H groups in total. The first-order chi connectivity index (χ1) is 10.2. The first-order valence-corrected chi connectivity index (χ1v) is 8.00. The second kappa shape index (κ2) is 6.50. The van der Waals surface area contributed by atoms with Gasteiger partial charge in [-0.3, -0.25) is 0 Å². The van der Waals surface area contributed by atoms with Gasteiger partial charge in [-0.2, -0.15) is 0 Å². The molecule has 0 bridgehead atoms. The molecule has 21 heavy (non-hydrogen) atoms. The highest BCUT2D eigenvalue weighted by Gasteiger charge is 2.56. The summed E-state index contributed by atoms with van der Waals surface area (Å²) in [6.45, 7) is 2.48. The highest BCUT2D eigenvalue weighted by atomic mass is 16.6. The van der Waals surface area contributed by atoms with E-state index in [-0.39, 0.29) is 24.9 Å². The SMILES string of the molecule is NC(=O)OCC(C1CCCO1)(C1CCCO1)C1CCCO1. The molecule has 0 aromatic rings. The van der Waals surface area contributed by atoms with Crippen molar-refractivity contribution in [2.45, 2.75) is 56.8 Å². The molecule has 0 aromatic heterocycles. The Bertz CT molecular complexity index is 316. The second-order valence-corrected chi connectivity index (χ2v) is 6.23. The zero-order valence-electron chi connectivity index (χ0n) is 12.4. The third kappa shape index (κ3) is 2.89. The van der Waals surface area contributed by atoms with E-state index in [0.29, 0.717) is 0 Å². The first-order valence-electron chi connectivity index (χ1n) is 8.00. The van der Waals surface area contributed by atoms with E-state index < -0.39 is 11.5 Å². The molecule has 3 rings (SSSR count). The molecule has 120 valence electrons. The Balaban J connectivity index is 1.88. The average Bonchev–Trinajstić information content (AvgIpc) is 3.24. The van der Waals surface area contributed by atoms with E-state index >= 15 is 0 Å². The Morgan fingerprint density at radius 2 is 1.38 bits per heavy atom. The number of carbonyl (C=O) groups excluding carboxylic acids is 1. The van der Waals surface area contributed by atoms with Crippen LogP contribution in [0.25, 0.3) is 0 Å². The van der Waals surface area contributed by atoms with Crippen molar-refractivity contribution in [2.75, 3.05) is 26.4 Å². The Morgan fingerprint density at radius 1 is 0.952 bits per heavy atom. The third-order valence-electron chi connectivity index (χ3n) is 5.05. The van der Waals surface area contributed by atoms with Crippen molar-refractivity contribution in [2.24, 2.45) is 11.1 Å². The molecule has 3 atom stereocenters. The Hall–Kier alpha value is -0.850. The van der Waals surface area contributed by atoms with E-state index in [4.69, 9.17) is 24.7 Å². The highest BCUT2D eigenvalue weighted by Crippen LogP contribution is 2.47. The monoisotopic (exact) mass is 299 g/mol. The number of hydrogen-bond donors (Lipinski definition) is 1. The Labute approximate surface area is 125 Å². The molecular weight excluding hydrogens is 274 g/mol. The summed E-state index contributed by atoms with van der Waals surface area (Å²) < 4.78 is 23.2. The molecule has 0 aromatic carbocycles. The van der Waals surface area contributed by atoms with E-state index in [9.17, 15) is 4.79 Å². The summed E-state index contributed by atoms with van der Waals surface area (Å²) in [6, 6.07) is 0. The lowest BCUT2D eigenvalue weighted by Crippen LogP contribution is -2.56. The number of ether oxygens (including phenoxy) is 4.